The Morgan fingerprint density at radius 2 is 1.88 bits per heavy atom. The van der Waals surface area contributed by atoms with Gasteiger partial charge in [0.2, 0.25) is 0 Å². The van der Waals surface area contributed by atoms with Gasteiger partial charge in [-0.3, -0.25) is 4.79 Å². The van der Waals surface area contributed by atoms with Gasteiger partial charge in [0.05, 0.1) is 19.8 Å². The maximum atomic E-state index is 10.9. The van der Waals surface area contributed by atoms with Crippen molar-refractivity contribution in [1.29, 1.82) is 0 Å². The summed E-state index contributed by atoms with van der Waals surface area (Å²) < 4.78 is 10.6. The molecule has 0 aliphatic carbocycles. The van der Waals surface area contributed by atoms with Crippen molar-refractivity contribution in [3.8, 4) is 0 Å². The number of carboxylic acids is 1. The molecule has 0 aromatic carbocycles. The molecule has 0 aromatic heterocycles. The van der Waals surface area contributed by atoms with Crippen molar-refractivity contribution in [1.82, 2.24) is 5.32 Å². The molecular weight excluding hydrogens is 222 g/mol. The molecule has 5 nitrogen and oxygen atoms in total. The van der Waals surface area contributed by atoms with Crippen LogP contribution in [-0.4, -0.2) is 49.6 Å². The molecule has 0 rings (SSSR count). The molecule has 0 heterocycles. The molecule has 0 spiro atoms. The molecule has 0 aliphatic rings. The minimum absolute atomic E-state index is 0.125. The summed E-state index contributed by atoms with van der Waals surface area (Å²) in [4.78, 5) is 10.9. The van der Waals surface area contributed by atoms with Crippen LogP contribution < -0.4 is 5.32 Å². The summed E-state index contributed by atoms with van der Waals surface area (Å²) in [5, 5.41) is 11.8. The topological polar surface area (TPSA) is 67.8 Å². The van der Waals surface area contributed by atoms with Crippen molar-refractivity contribution < 1.29 is 19.4 Å². The third kappa shape index (κ3) is 10.2. The van der Waals surface area contributed by atoms with E-state index in [4.69, 9.17) is 14.6 Å². The number of nitrogens with one attached hydrogen (secondary N) is 1. The van der Waals surface area contributed by atoms with Gasteiger partial charge in [-0.15, -0.1) is 0 Å². The van der Waals surface area contributed by atoms with Crippen molar-refractivity contribution in [3.63, 3.8) is 0 Å². The molecular formula is C12H25NO4. The molecule has 0 aromatic rings. The molecule has 1 atom stereocenters. The van der Waals surface area contributed by atoms with Crippen molar-refractivity contribution in [2.24, 2.45) is 0 Å². The molecule has 0 fully saturated rings. The number of aliphatic carboxylic acids is 1. The zero-order chi connectivity index (χ0) is 13.1. The molecule has 0 saturated heterocycles. The molecule has 0 aliphatic heterocycles. The monoisotopic (exact) mass is 247 g/mol. The average Bonchev–Trinajstić information content (AvgIpc) is 2.25. The lowest BCUT2D eigenvalue weighted by molar-refractivity contribution is -0.141. The smallest absolute Gasteiger partial charge is 0.323 e. The standard InChI is InChI=1S/C12H25NO4/c1-4-5-6-16-7-8-17-9-11(12(14)15)13-10(2)3/h10-11,13H,4-9H2,1-3H3,(H,14,15). The Labute approximate surface area is 103 Å². The van der Waals surface area contributed by atoms with E-state index in [0.29, 0.717) is 13.2 Å². The quantitative estimate of drug-likeness (QED) is 0.538. The van der Waals surface area contributed by atoms with E-state index in [9.17, 15) is 4.79 Å². The lowest BCUT2D eigenvalue weighted by Gasteiger charge is -2.17. The van der Waals surface area contributed by atoms with E-state index in [0.717, 1.165) is 19.4 Å². The first kappa shape index (κ1) is 16.4. The van der Waals surface area contributed by atoms with Crippen LogP contribution in [0.5, 0.6) is 0 Å². The van der Waals surface area contributed by atoms with Crippen molar-refractivity contribution >= 4 is 5.97 Å². The first-order valence-electron chi connectivity index (χ1n) is 6.22. The number of ether oxygens (including phenoxy) is 2. The Morgan fingerprint density at radius 3 is 2.41 bits per heavy atom. The van der Waals surface area contributed by atoms with E-state index in [1.165, 1.54) is 0 Å². The van der Waals surface area contributed by atoms with E-state index in [2.05, 4.69) is 12.2 Å². The van der Waals surface area contributed by atoms with Crippen molar-refractivity contribution in [2.45, 2.75) is 45.7 Å². The number of rotatable bonds is 11. The lowest BCUT2D eigenvalue weighted by Crippen LogP contribution is -2.44. The fourth-order valence-electron chi connectivity index (χ4n) is 1.26. The van der Waals surface area contributed by atoms with Gasteiger partial charge in [-0.2, -0.15) is 0 Å². The van der Waals surface area contributed by atoms with Crippen LogP contribution in [-0.2, 0) is 14.3 Å². The molecule has 2 N–H and O–H groups in total. The second-order valence-electron chi connectivity index (χ2n) is 4.25. The predicted molar refractivity (Wildman–Crippen MR) is 66.2 cm³/mol. The molecule has 0 radical (unpaired) electrons. The summed E-state index contributed by atoms with van der Waals surface area (Å²) >= 11 is 0. The first-order valence-corrected chi connectivity index (χ1v) is 6.22. The van der Waals surface area contributed by atoms with Gasteiger partial charge in [-0.25, -0.2) is 0 Å². The third-order valence-electron chi connectivity index (χ3n) is 2.13. The summed E-state index contributed by atoms with van der Waals surface area (Å²) in [6.45, 7) is 7.79. The fourth-order valence-corrected chi connectivity index (χ4v) is 1.26. The second-order valence-corrected chi connectivity index (χ2v) is 4.25. The van der Waals surface area contributed by atoms with Crippen LogP contribution in [0, 0.1) is 0 Å². The van der Waals surface area contributed by atoms with Crippen LogP contribution in [0.15, 0.2) is 0 Å². The van der Waals surface area contributed by atoms with Crippen molar-refractivity contribution in [2.75, 3.05) is 26.4 Å². The number of carboxylic acid groups (broad SMARTS) is 1. The summed E-state index contributed by atoms with van der Waals surface area (Å²) in [5.74, 6) is -0.884. The van der Waals surface area contributed by atoms with E-state index >= 15 is 0 Å². The largest absolute Gasteiger partial charge is 0.480 e. The highest BCUT2D eigenvalue weighted by atomic mass is 16.5. The zero-order valence-corrected chi connectivity index (χ0v) is 11.1. The Hall–Kier alpha value is -0.650. The Balaban J connectivity index is 3.51. The number of carbonyl (C=O) groups is 1. The third-order valence-corrected chi connectivity index (χ3v) is 2.13. The van der Waals surface area contributed by atoms with Crippen LogP contribution >= 0.6 is 0 Å². The van der Waals surface area contributed by atoms with Gasteiger partial charge in [-0.05, 0) is 6.42 Å². The van der Waals surface area contributed by atoms with Crippen LogP contribution in [0.1, 0.15) is 33.6 Å². The molecule has 0 bridgehead atoms. The minimum Gasteiger partial charge on any atom is -0.480 e. The van der Waals surface area contributed by atoms with E-state index in [1.807, 2.05) is 13.8 Å². The summed E-state index contributed by atoms with van der Waals surface area (Å²) in [7, 11) is 0. The number of unbranched alkanes of at least 4 members (excludes halogenated alkanes) is 1. The van der Waals surface area contributed by atoms with Crippen LogP contribution in [0.3, 0.4) is 0 Å². The van der Waals surface area contributed by atoms with Gasteiger partial charge in [0.15, 0.2) is 0 Å². The first-order chi connectivity index (χ1) is 8.07. The molecule has 0 amide bonds. The van der Waals surface area contributed by atoms with Crippen LogP contribution in [0.25, 0.3) is 0 Å². The molecule has 17 heavy (non-hydrogen) atoms. The normalized spacial score (nSPS) is 12.9. The van der Waals surface area contributed by atoms with E-state index < -0.39 is 12.0 Å². The molecule has 102 valence electrons. The lowest BCUT2D eigenvalue weighted by atomic mass is 10.2. The highest BCUT2D eigenvalue weighted by Gasteiger charge is 2.17. The number of hydrogen-bond acceptors (Lipinski definition) is 4. The van der Waals surface area contributed by atoms with Gasteiger partial charge >= 0.3 is 5.97 Å². The fraction of sp³-hybridized carbons (Fsp3) is 0.917. The zero-order valence-electron chi connectivity index (χ0n) is 11.1. The summed E-state index contributed by atoms with van der Waals surface area (Å²) in [6, 6.07) is -0.522. The highest BCUT2D eigenvalue weighted by molar-refractivity contribution is 5.73. The molecule has 0 saturated carbocycles. The van der Waals surface area contributed by atoms with Crippen LogP contribution in [0.4, 0.5) is 0 Å². The van der Waals surface area contributed by atoms with E-state index in [1.54, 1.807) is 0 Å². The average molecular weight is 247 g/mol. The van der Waals surface area contributed by atoms with Gasteiger partial charge in [0.1, 0.15) is 6.04 Å². The van der Waals surface area contributed by atoms with Crippen molar-refractivity contribution in [3.05, 3.63) is 0 Å². The Morgan fingerprint density at radius 1 is 1.24 bits per heavy atom. The second kappa shape index (κ2) is 10.5. The van der Waals surface area contributed by atoms with Gasteiger partial charge in [0, 0.05) is 12.6 Å². The summed E-state index contributed by atoms with van der Waals surface area (Å²) in [5.41, 5.74) is 0. The number of hydrogen-bond donors (Lipinski definition) is 2. The minimum atomic E-state index is -0.884. The summed E-state index contributed by atoms with van der Waals surface area (Å²) in [6.07, 6.45) is 2.16. The van der Waals surface area contributed by atoms with Crippen LogP contribution in [0.2, 0.25) is 0 Å². The van der Waals surface area contributed by atoms with Gasteiger partial charge in [-0.1, -0.05) is 27.2 Å². The molecule has 5 heteroatoms. The SMILES string of the molecule is CCCCOCCOCC(NC(C)C)C(=O)O. The molecule has 1 unspecified atom stereocenters. The van der Waals surface area contributed by atoms with Gasteiger partial charge < -0.3 is 19.9 Å². The van der Waals surface area contributed by atoms with E-state index in [-0.39, 0.29) is 12.6 Å². The maximum Gasteiger partial charge on any atom is 0.323 e. The van der Waals surface area contributed by atoms with Gasteiger partial charge in [0.25, 0.3) is 0 Å². The Kier molecular flexibility index (Phi) is 10.1. The highest BCUT2D eigenvalue weighted by Crippen LogP contribution is 1.92. The predicted octanol–water partition coefficient (Wildman–Crippen LogP) is 1.27. The maximum absolute atomic E-state index is 10.9. The Bertz CT molecular complexity index is 197.